The monoisotopic (exact) mass is 527 g/mol. The lowest BCUT2D eigenvalue weighted by atomic mass is 10.0. The lowest BCUT2D eigenvalue weighted by molar-refractivity contribution is -0.122. The Labute approximate surface area is 219 Å². The van der Waals surface area contributed by atoms with Gasteiger partial charge in [-0.15, -0.1) is 0 Å². The number of nitrogens with one attached hydrogen (secondary N) is 1. The zero-order chi connectivity index (χ0) is 26.6. The first-order valence-corrected chi connectivity index (χ1v) is 12.6. The smallest absolute Gasteiger partial charge is 0.273 e. The number of carbonyl (C=O) groups excluding carboxylic acids is 3. The second-order valence-electron chi connectivity index (χ2n) is 9.03. The Kier molecular flexibility index (Phi) is 8.70. The van der Waals surface area contributed by atoms with Crippen molar-refractivity contribution >= 4 is 52.2 Å². The topological polar surface area (TPSA) is 131 Å². The normalized spacial score (nSPS) is 11.8. The number of hydrogen-bond acceptors (Lipinski definition) is 6. The third-order valence-corrected chi connectivity index (χ3v) is 6.80. The van der Waals surface area contributed by atoms with Crippen LogP contribution in [0, 0.1) is 19.8 Å². The molecule has 0 saturated carbocycles. The highest BCUT2D eigenvalue weighted by Gasteiger charge is 2.36. The van der Waals surface area contributed by atoms with Crippen LogP contribution >= 0.6 is 23.1 Å². The van der Waals surface area contributed by atoms with Gasteiger partial charge in [-0.2, -0.15) is 4.37 Å². The summed E-state index contributed by atoms with van der Waals surface area (Å²) in [6, 6.07) is 11.3. The molecule has 0 spiro atoms. The highest BCUT2D eigenvalue weighted by atomic mass is 35.5. The molecular formula is C26H30ClN5O3S. The second kappa shape index (κ2) is 11.5. The van der Waals surface area contributed by atoms with Gasteiger partial charge in [0.05, 0.1) is 5.69 Å². The van der Waals surface area contributed by atoms with Crippen LogP contribution in [0.1, 0.15) is 63.2 Å². The molecule has 0 bridgehead atoms. The number of primary amides is 1. The number of nitrogens with zero attached hydrogens (tertiary/aromatic N) is 2. The Morgan fingerprint density at radius 1 is 1.11 bits per heavy atom. The van der Waals surface area contributed by atoms with E-state index >= 15 is 0 Å². The summed E-state index contributed by atoms with van der Waals surface area (Å²) in [6.07, 6.45) is 0.778. The van der Waals surface area contributed by atoms with Crippen molar-refractivity contribution in [1.29, 1.82) is 0 Å². The van der Waals surface area contributed by atoms with Gasteiger partial charge in [-0.1, -0.05) is 55.3 Å². The van der Waals surface area contributed by atoms with Crippen LogP contribution in [0.2, 0.25) is 5.02 Å². The molecule has 8 nitrogen and oxygen atoms in total. The largest absolute Gasteiger partial charge is 0.395 e. The van der Waals surface area contributed by atoms with Gasteiger partial charge >= 0.3 is 0 Å². The summed E-state index contributed by atoms with van der Waals surface area (Å²) in [5.41, 5.74) is 14.1. The molecule has 0 aliphatic carbocycles. The van der Waals surface area contributed by atoms with Gasteiger partial charge < -0.3 is 16.8 Å². The molecule has 0 aliphatic heterocycles. The van der Waals surface area contributed by atoms with Gasteiger partial charge in [0.1, 0.15) is 10.9 Å². The Morgan fingerprint density at radius 3 is 2.33 bits per heavy atom. The SMILES string of the molecule is Cc1ccc(N(C(=O)c2snc(C(N)=O)c2N)[C@H](C(=O)NCCC(C)C)c2ccc(Cl)cc2)c(C)c1. The minimum absolute atomic E-state index is 0.0257. The van der Waals surface area contributed by atoms with Crippen LogP contribution in [-0.4, -0.2) is 28.6 Å². The van der Waals surface area contributed by atoms with E-state index in [1.54, 1.807) is 30.3 Å². The minimum atomic E-state index is -1.04. The maximum absolute atomic E-state index is 14.1. The number of anilines is 2. The maximum Gasteiger partial charge on any atom is 0.273 e. The number of benzene rings is 2. The fourth-order valence-electron chi connectivity index (χ4n) is 3.82. The maximum atomic E-state index is 14.1. The zero-order valence-corrected chi connectivity index (χ0v) is 22.2. The minimum Gasteiger partial charge on any atom is -0.395 e. The van der Waals surface area contributed by atoms with Gasteiger partial charge in [-0.3, -0.25) is 19.3 Å². The number of nitrogens with two attached hydrogens (primary N) is 2. The summed E-state index contributed by atoms with van der Waals surface area (Å²) in [7, 11) is 0. The molecule has 3 amide bonds. The van der Waals surface area contributed by atoms with Crippen molar-refractivity contribution in [3.8, 4) is 0 Å². The number of aryl methyl sites for hydroxylation is 2. The number of nitrogen functional groups attached to an aromatic ring is 1. The van der Waals surface area contributed by atoms with E-state index in [0.29, 0.717) is 28.7 Å². The second-order valence-corrected chi connectivity index (χ2v) is 10.2. The van der Waals surface area contributed by atoms with E-state index < -0.39 is 17.9 Å². The van der Waals surface area contributed by atoms with Gasteiger partial charge in [-0.05, 0) is 67.0 Å². The van der Waals surface area contributed by atoms with Crippen molar-refractivity contribution in [2.24, 2.45) is 11.7 Å². The van der Waals surface area contributed by atoms with E-state index in [0.717, 1.165) is 29.1 Å². The molecule has 36 heavy (non-hydrogen) atoms. The molecule has 0 unspecified atom stereocenters. The molecule has 1 atom stereocenters. The van der Waals surface area contributed by atoms with E-state index in [1.807, 2.05) is 26.0 Å². The average molecular weight is 528 g/mol. The molecule has 5 N–H and O–H groups in total. The average Bonchev–Trinajstić information content (AvgIpc) is 3.19. The zero-order valence-electron chi connectivity index (χ0n) is 20.7. The summed E-state index contributed by atoms with van der Waals surface area (Å²) >= 11 is 6.89. The number of hydrogen-bond donors (Lipinski definition) is 3. The van der Waals surface area contributed by atoms with Crippen molar-refractivity contribution in [2.75, 3.05) is 17.2 Å². The molecule has 0 aliphatic rings. The third kappa shape index (κ3) is 6.03. The summed E-state index contributed by atoms with van der Waals surface area (Å²) in [5.74, 6) is -1.37. The van der Waals surface area contributed by atoms with Gasteiger partial charge in [0, 0.05) is 17.3 Å². The van der Waals surface area contributed by atoms with Crippen molar-refractivity contribution in [2.45, 2.75) is 40.2 Å². The number of rotatable bonds is 9. The van der Waals surface area contributed by atoms with Crippen molar-refractivity contribution in [3.05, 3.63) is 74.7 Å². The summed E-state index contributed by atoms with van der Waals surface area (Å²) in [5, 5.41) is 3.47. The molecule has 10 heteroatoms. The molecule has 190 valence electrons. The molecular weight excluding hydrogens is 498 g/mol. The lowest BCUT2D eigenvalue weighted by Crippen LogP contribution is -2.44. The molecule has 0 radical (unpaired) electrons. The summed E-state index contributed by atoms with van der Waals surface area (Å²) < 4.78 is 3.98. The standard InChI is InChI=1S/C26H30ClN5O3S/c1-14(2)11-12-30-25(34)22(17-6-8-18(27)9-7-17)32(19-10-5-15(3)13-16(19)4)26(35)23-20(28)21(24(29)33)31-36-23/h5-10,13-14,22H,11-12,28H2,1-4H3,(H2,29,33)(H,30,34)/t22-/m0/s1. The first-order valence-electron chi connectivity index (χ1n) is 11.5. The van der Waals surface area contributed by atoms with E-state index in [4.69, 9.17) is 23.1 Å². The molecule has 0 saturated heterocycles. The predicted molar refractivity (Wildman–Crippen MR) is 144 cm³/mol. The Morgan fingerprint density at radius 2 is 1.78 bits per heavy atom. The van der Waals surface area contributed by atoms with Crippen LogP contribution in [0.4, 0.5) is 11.4 Å². The van der Waals surface area contributed by atoms with Crippen molar-refractivity contribution in [3.63, 3.8) is 0 Å². The summed E-state index contributed by atoms with van der Waals surface area (Å²) in [4.78, 5) is 40.9. The van der Waals surface area contributed by atoms with Crippen molar-refractivity contribution < 1.29 is 14.4 Å². The molecule has 1 heterocycles. The Bertz CT molecular complexity index is 1270. The van der Waals surface area contributed by atoms with E-state index in [-0.39, 0.29) is 22.2 Å². The Balaban J connectivity index is 2.19. The first kappa shape index (κ1) is 27.2. The van der Waals surface area contributed by atoms with E-state index in [9.17, 15) is 14.4 Å². The van der Waals surface area contributed by atoms with E-state index in [2.05, 4.69) is 23.5 Å². The lowest BCUT2D eigenvalue weighted by Gasteiger charge is -2.32. The van der Waals surface area contributed by atoms with Gasteiger partial charge in [-0.25, -0.2) is 0 Å². The molecule has 3 rings (SSSR count). The molecule has 1 aromatic heterocycles. The van der Waals surface area contributed by atoms with Crippen molar-refractivity contribution in [1.82, 2.24) is 9.69 Å². The van der Waals surface area contributed by atoms with Crippen LogP contribution in [0.5, 0.6) is 0 Å². The van der Waals surface area contributed by atoms with Gasteiger partial charge in [0.15, 0.2) is 5.69 Å². The Hall–Kier alpha value is -3.43. The third-order valence-electron chi connectivity index (χ3n) is 5.70. The van der Waals surface area contributed by atoms with Crippen LogP contribution in [0.3, 0.4) is 0 Å². The van der Waals surface area contributed by atoms with Gasteiger partial charge in [0.2, 0.25) is 5.91 Å². The highest BCUT2D eigenvalue weighted by molar-refractivity contribution is 7.09. The first-order chi connectivity index (χ1) is 17.0. The number of carbonyl (C=O) groups is 3. The van der Waals surface area contributed by atoms with E-state index in [1.165, 1.54) is 4.90 Å². The fraction of sp³-hybridized carbons (Fsp3) is 0.308. The van der Waals surface area contributed by atoms with Crippen LogP contribution in [0.25, 0.3) is 0 Å². The number of amides is 3. The van der Waals surface area contributed by atoms with Crippen LogP contribution in [0.15, 0.2) is 42.5 Å². The molecule has 3 aromatic rings. The highest BCUT2D eigenvalue weighted by Crippen LogP contribution is 2.35. The van der Waals surface area contributed by atoms with Crippen LogP contribution in [-0.2, 0) is 4.79 Å². The number of halogens is 1. The predicted octanol–water partition coefficient (Wildman–Crippen LogP) is 4.64. The number of aromatic nitrogens is 1. The molecule has 0 fully saturated rings. The molecule has 2 aromatic carbocycles. The summed E-state index contributed by atoms with van der Waals surface area (Å²) in [6.45, 7) is 8.39. The van der Waals surface area contributed by atoms with Gasteiger partial charge in [0.25, 0.3) is 11.8 Å². The quantitative estimate of drug-likeness (QED) is 0.373. The fourth-order valence-corrected chi connectivity index (χ4v) is 4.69. The van der Waals surface area contributed by atoms with Crippen LogP contribution < -0.4 is 21.7 Å².